The average molecular weight is 327 g/mol. The number of halogens is 3. The van der Waals surface area contributed by atoms with Crippen molar-refractivity contribution in [2.75, 3.05) is 5.75 Å². The molecule has 1 unspecified atom stereocenters. The zero-order valence-corrected chi connectivity index (χ0v) is 12.4. The predicted molar refractivity (Wildman–Crippen MR) is 75.4 cm³/mol. The highest BCUT2D eigenvalue weighted by Crippen LogP contribution is 2.39. The number of hydrogen-bond donors (Lipinski definition) is 1. The van der Waals surface area contributed by atoms with E-state index in [2.05, 4.69) is 9.97 Å². The molecule has 1 N–H and O–H groups in total. The van der Waals surface area contributed by atoms with E-state index in [4.69, 9.17) is 0 Å². The third-order valence-corrected chi connectivity index (χ3v) is 4.73. The number of thioether (sulfide) groups is 1. The lowest BCUT2D eigenvalue weighted by Gasteiger charge is -2.23. The number of benzene rings is 1. The lowest BCUT2D eigenvalue weighted by molar-refractivity contribution is -0.128. The molecule has 22 heavy (non-hydrogen) atoms. The van der Waals surface area contributed by atoms with Gasteiger partial charge >= 0.3 is 0 Å². The summed E-state index contributed by atoms with van der Waals surface area (Å²) in [5, 5.41) is -0.369. The normalized spacial score (nSPS) is 18.3. The van der Waals surface area contributed by atoms with Crippen LogP contribution in [0.25, 0.3) is 0 Å². The van der Waals surface area contributed by atoms with Crippen molar-refractivity contribution < 1.29 is 18.0 Å². The van der Waals surface area contributed by atoms with E-state index >= 15 is 0 Å². The summed E-state index contributed by atoms with van der Waals surface area (Å²) < 4.78 is 40.1. The van der Waals surface area contributed by atoms with Gasteiger partial charge in [-0.05, 0) is 13.0 Å². The second-order valence-corrected chi connectivity index (χ2v) is 6.00. The van der Waals surface area contributed by atoms with E-state index in [1.54, 1.807) is 0 Å². The molecular weight excluding hydrogens is 315 g/mol. The maximum absolute atomic E-state index is 13.8. The third kappa shape index (κ3) is 2.47. The van der Waals surface area contributed by atoms with Gasteiger partial charge in [-0.1, -0.05) is 6.07 Å². The van der Waals surface area contributed by atoms with E-state index < -0.39 is 17.5 Å². The highest BCUT2D eigenvalue weighted by Gasteiger charge is 2.35. The first-order chi connectivity index (χ1) is 10.5. The second-order valence-electron chi connectivity index (χ2n) is 4.93. The Balaban J connectivity index is 1.91. The Kier molecular flexibility index (Phi) is 3.86. The summed E-state index contributed by atoms with van der Waals surface area (Å²) in [6, 6.07) is 2.01. The van der Waals surface area contributed by atoms with Gasteiger partial charge in [0.1, 0.15) is 5.37 Å². The Hall–Kier alpha value is -1.96. The van der Waals surface area contributed by atoms with Crippen molar-refractivity contribution in [3.63, 3.8) is 0 Å². The van der Waals surface area contributed by atoms with Gasteiger partial charge in [-0.2, -0.15) is 0 Å². The number of amides is 1. The first-order valence-corrected chi connectivity index (χ1v) is 7.57. The topological polar surface area (TPSA) is 49.0 Å². The monoisotopic (exact) mass is 327 g/mol. The smallest absolute Gasteiger partial charge is 0.234 e. The van der Waals surface area contributed by atoms with Crippen LogP contribution in [0.5, 0.6) is 0 Å². The first-order valence-electron chi connectivity index (χ1n) is 6.52. The maximum Gasteiger partial charge on any atom is 0.234 e. The van der Waals surface area contributed by atoms with Crippen molar-refractivity contribution >= 4 is 17.7 Å². The molecule has 0 aliphatic carbocycles. The highest BCUT2D eigenvalue weighted by molar-refractivity contribution is 8.00. The number of nitrogens with zero attached hydrogens (tertiary/aromatic N) is 2. The summed E-state index contributed by atoms with van der Waals surface area (Å²) in [4.78, 5) is 20.6. The number of aromatic nitrogens is 2. The van der Waals surface area contributed by atoms with Crippen molar-refractivity contribution in [3.05, 3.63) is 52.9 Å². The lowest BCUT2D eigenvalue weighted by Crippen LogP contribution is -2.28. The molecule has 3 rings (SSSR count). The van der Waals surface area contributed by atoms with Gasteiger partial charge in [0.2, 0.25) is 5.91 Å². The molecule has 1 aliphatic rings. The first kappa shape index (κ1) is 15.0. The van der Waals surface area contributed by atoms with E-state index in [-0.39, 0.29) is 29.1 Å². The molecule has 0 saturated carbocycles. The standard InChI is InChI=1S/C14H12F3N3OS/c1-7-13(19-6-18-7)14-20(10(21)5-22-14)4-8-2-3-9(15)12(17)11(8)16/h2-3,6,14H,4-5H2,1H3,(H,18,19). The molecule has 1 amide bonds. The van der Waals surface area contributed by atoms with E-state index in [1.165, 1.54) is 23.0 Å². The Bertz CT molecular complexity index is 734. The average Bonchev–Trinajstić information content (AvgIpc) is 3.06. The molecule has 1 saturated heterocycles. The highest BCUT2D eigenvalue weighted by atomic mass is 32.2. The molecule has 1 aromatic heterocycles. The fourth-order valence-corrected chi connectivity index (χ4v) is 3.58. The van der Waals surface area contributed by atoms with Crippen LogP contribution in [-0.2, 0) is 11.3 Å². The van der Waals surface area contributed by atoms with Crippen LogP contribution in [-0.4, -0.2) is 26.5 Å². The van der Waals surface area contributed by atoms with E-state index in [9.17, 15) is 18.0 Å². The largest absolute Gasteiger partial charge is 0.348 e. The Labute approximate surface area is 128 Å². The Morgan fingerprint density at radius 1 is 1.36 bits per heavy atom. The number of imidazole rings is 1. The predicted octanol–water partition coefficient (Wildman–Crippen LogP) is 2.91. The minimum absolute atomic E-state index is 0.0621. The van der Waals surface area contributed by atoms with E-state index in [0.717, 1.165) is 17.8 Å². The fraction of sp³-hybridized carbons (Fsp3) is 0.286. The number of H-pyrrole nitrogens is 1. The van der Waals surface area contributed by atoms with Gasteiger partial charge < -0.3 is 9.88 Å². The molecule has 1 atom stereocenters. The van der Waals surface area contributed by atoms with Gasteiger partial charge in [0.05, 0.1) is 24.3 Å². The number of aryl methyl sites for hydroxylation is 1. The molecule has 2 heterocycles. The number of carbonyl (C=O) groups excluding carboxylic acids is 1. The molecule has 2 aromatic rings. The van der Waals surface area contributed by atoms with Crippen LogP contribution in [0.4, 0.5) is 13.2 Å². The van der Waals surface area contributed by atoms with Crippen LogP contribution in [0, 0.1) is 24.4 Å². The van der Waals surface area contributed by atoms with E-state index in [0.29, 0.717) is 5.69 Å². The van der Waals surface area contributed by atoms with Gasteiger partial charge in [0, 0.05) is 11.3 Å². The van der Waals surface area contributed by atoms with Crippen LogP contribution >= 0.6 is 11.8 Å². The minimum Gasteiger partial charge on any atom is -0.348 e. The zero-order valence-electron chi connectivity index (χ0n) is 11.6. The SMILES string of the molecule is Cc1[nH]cnc1C1SCC(=O)N1Cc1ccc(F)c(F)c1F. The van der Waals surface area contributed by atoms with Gasteiger partial charge in [-0.3, -0.25) is 4.79 Å². The van der Waals surface area contributed by atoms with Crippen molar-refractivity contribution in [3.8, 4) is 0 Å². The number of rotatable bonds is 3. The summed E-state index contributed by atoms with van der Waals surface area (Å²) >= 11 is 1.37. The molecule has 0 radical (unpaired) electrons. The third-order valence-electron chi connectivity index (χ3n) is 3.53. The van der Waals surface area contributed by atoms with Crippen molar-refractivity contribution in [2.24, 2.45) is 0 Å². The maximum atomic E-state index is 13.8. The summed E-state index contributed by atoms with van der Waals surface area (Å²) in [5.41, 5.74) is 1.43. The molecule has 116 valence electrons. The number of hydrogen-bond acceptors (Lipinski definition) is 3. The summed E-state index contributed by atoms with van der Waals surface area (Å²) in [5.74, 6) is -3.99. The number of aromatic amines is 1. The quantitative estimate of drug-likeness (QED) is 0.882. The summed E-state index contributed by atoms with van der Waals surface area (Å²) in [7, 11) is 0. The van der Waals surface area contributed by atoms with Gasteiger partial charge in [0.25, 0.3) is 0 Å². The molecule has 1 aromatic carbocycles. The van der Waals surface area contributed by atoms with Gasteiger partial charge in [-0.15, -0.1) is 11.8 Å². The lowest BCUT2D eigenvalue weighted by atomic mass is 10.1. The minimum atomic E-state index is -1.52. The summed E-state index contributed by atoms with van der Waals surface area (Å²) in [6.07, 6.45) is 1.52. The van der Waals surface area contributed by atoms with Crippen LogP contribution in [0.1, 0.15) is 22.3 Å². The van der Waals surface area contributed by atoms with Crippen LogP contribution in [0.15, 0.2) is 18.5 Å². The van der Waals surface area contributed by atoms with Gasteiger partial charge in [-0.25, -0.2) is 18.2 Å². The van der Waals surface area contributed by atoms with Crippen LogP contribution < -0.4 is 0 Å². The van der Waals surface area contributed by atoms with Crippen LogP contribution in [0.3, 0.4) is 0 Å². The molecule has 8 heteroatoms. The molecule has 1 aliphatic heterocycles. The van der Waals surface area contributed by atoms with Crippen LogP contribution in [0.2, 0.25) is 0 Å². The van der Waals surface area contributed by atoms with Crippen molar-refractivity contribution in [1.29, 1.82) is 0 Å². The van der Waals surface area contributed by atoms with Crippen molar-refractivity contribution in [1.82, 2.24) is 14.9 Å². The Morgan fingerprint density at radius 2 is 2.14 bits per heavy atom. The fourth-order valence-electron chi connectivity index (χ4n) is 2.34. The van der Waals surface area contributed by atoms with Gasteiger partial charge in [0.15, 0.2) is 17.5 Å². The number of nitrogens with one attached hydrogen (secondary N) is 1. The molecule has 4 nitrogen and oxygen atoms in total. The molecular formula is C14H12F3N3OS. The van der Waals surface area contributed by atoms with E-state index in [1.807, 2.05) is 6.92 Å². The molecule has 0 spiro atoms. The van der Waals surface area contributed by atoms with Crippen molar-refractivity contribution in [2.45, 2.75) is 18.8 Å². The Morgan fingerprint density at radius 3 is 2.82 bits per heavy atom. The zero-order chi connectivity index (χ0) is 15.9. The molecule has 0 bridgehead atoms. The second kappa shape index (κ2) is 5.68. The number of carbonyl (C=O) groups is 1. The molecule has 1 fully saturated rings. The summed E-state index contributed by atoms with van der Waals surface area (Å²) in [6.45, 7) is 1.69.